The molecular weight excluding hydrogens is 262 g/mol. The van der Waals surface area contributed by atoms with Gasteiger partial charge >= 0.3 is 0 Å². The molecular formula is C17H29N3O. The summed E-state index contributed by atoms with van der Waals surface area (Å²) < 4.78 is 5.86. The van der Waals surface area contributed by atoms with Gasteiger partial charge in [-0.15, -0.1) is 0 Å². The highest BCUT2D eigenvalue weighted by molar-refractivity contribution is 5.79. The second-order valence-electron chi connectivity index (χ2n) is 6.01. The third-order valence-corrected chi connectivity index (χ3v) is 2.89. The first-order valence-electron chi connectivity index (χ1n) is 7.68. The second-order valence-corrected chi connectivity index (χ2v) is 6.01. The van der Waals surface area contributed by atoms with Crippen LogP contribution in [0.5, 0.6) is 5.75 Å². The van der Waals surface area contributed by atoms with Gasteiger partial charge in [0, 0.05) is 25.7 Å². The predicted octanol–water partition coefficient (Wildman–Crippen LogP) is 3.04. The standard InChI is InChI=1S/C17H29N3O/c1-13(2)10-19-17(18-5)20-11-15-8-6-7-9-16(15)21-12-14(3)4/h6-9,13-14H,10-12H2,1-5H3,(H2,18,19,20). The third kappa shape index (κ3) is 7.02. The molecule has 0 aliphatic heterocycles. The summed E-state index contributed by atoms with van der Waals surface area (Å²) in [6.07, 6.45) is 0. The van der Waals surface area contributed by atoms with Crippen molar-refractivity contribution in [3.05, 3.63) is 29.8 Å². The highest BCUT2D eigenvalue weighted by Gasteiger charge is 2.05. The van der Waals surface area contributed by atoms with Crippen LogP contribution in [-0.2, 0) is 6.54 Å². The van der Waals surface area contributed by atoms with E-state index in [0.717, 1.165) is 30.4 Å². The maximum atomic E-state index is 5.86. The van der Waals surface area contributed by atoms with E-state index in [0.29, 0.717) is 18.4 Å². The van der Waals surface area contributed by atoms with Crippen LogP contribution in [-0.4, -0.2) is 26.2 Å². The van der Waals surface area contributed by atoms with Gasteiger partial charge in [0.15, 0.2) is 5.96 Å². The van der Waals surface area contributed by atoms with Crippen molar-refractivity contribution < 1.29 is 4.74 Å². The molecule has 0 fully saturated rings. The summed E-state index contributed by atoms with van der Waals surface area (Å²) >= 11 is 0. The Morgan fingerprint density at radius 3 is 2.43 bits per heavy atom. The third-order valence-electron chi connectivity index (χ3n) is 2.89. The highest BCUT2D eigenvalue weighted by Crippen LogP contribution is 2.18. The van der Waals surface area contributed by atoms with Gasteiger partial charge in [-0.05, 0) is 17.9 Å². The molecule has 0 aliphatic rings. The molecule has 0 atom stereocenters. The average Bonchev–Trinajstić information content (AvgIpc) is 2.46. The lowest BCUT2D eigenvalue weighted by molar-refractivity contribution is 0.268. The lowest BCUT2D eigenvalue weighted by Gasteiger charge is -2.16. The molecule has 0 heterocycles. The zero-order valence-corrected chi connectivity index (χ0v) is 13.9. The molecule has 0 aliphatic carbocycles. The molecule has 1 aromatic carbocycles. The van der Waals surface area contributed by atoms with E-state index in [1.165, 1.54) is 0 Å². The smallest absolute Gasteiger partial charge is 0.191 e. The Kier molecular flexibility index (Phi) is 7.65. The van der Waals surface area contributed by atoms with Crippen LogP contribution >= 0.6 is 0 Å². The first-order valence-corrected chi connectivity index (χ1v) is 7.68. The van der Waals surface area contributed by atoms with Crippen LogP contribution in [0.15, 0.2) is 29.3 Å². The lowest BCUT2D eigenvalue weighted by atomic mass is 10.2. The molecule has 118 valence electrons. The fourth-order valence-corrected chi connectivity index (χ4v) is 1.75. The molecule has 1 aromatic rings. The van der Waals surface area contributed by atoms with Gasteiger partial charge < -0.3 is 15.4 Å². The van der Waals surface area contributed by atoms with Crippen molar-refractivity contribution in [1.29, 1.82) is 0 Å². The van der Waals surface area contributed by atoms with Gasteiger partial charge in [0.25, 0.3) is 0 Å². The minimum Gasteiger partial charge on any atom is -0.493 e. The molecule has 0 saturated carbocycles. The summed E-state index contributed by atoms with van der Waals surface area (Å²) in [5, 5.41) is 6.63. The van der Waals surface area contributed by atoms with E-state index in [9.17, 15) is 0 Å². The zero-order valence-electron chi connectivity index (χ0n) is 13.9. The average molecular weight is 291 g/mol. The Morgan fingerprint density at radius 2 is 1.81 bits per heavy atom. The van der Waals surface area contributed by atoms with E-state index in [1.54, 1.807) is 7.05 Å². The number of para-hydroxylation sites is 1. The van der Waals surface area contributed by atoms with Gasteiger partial charge in [-0.1, -0.05) is 45.9 Å². The van der Waals surface area contributed by atoms with Gasteiger partial charge in [0.2, 0.25) is 0 Å². The van der Waals surface area contributed by atoms with Crippen LogP contribution in [0.1, 0.15) is 33.3 Å². The molecule has 0 saturated heterocycles. The summed E-state index contributed by atoms with van der Waals surface area (Å²) in [4.78, 5) is 4.23. The van der Waals surface area contributed by atoms with Gasteiger partial charge in [-0.2, -0.15) is 0 Å². The lowest BCUT2D eigenvalue weighted by Crippen LogP contribution is -2.38. The Hall–Kier alpha value is -1.71. The molecule has 0 amide bonds. The summed E-state index contributed by atoms with van der Waals surface area (Å²) in [7, 11) is 1.79. The number of rotatable bonds is 7. The molecule has 2 N–H and O–H groups in total. The van der Waals surface area contributed by atoms with Crippen molar-refractivity contribution >= 4 is 5.96 Å². The topological polar surface area (TPSA) is 45.7 Å². The number of nitrogens with one attached hydrogen (secondary N) is 2. The van der Waals surface area contributed by atoms with Gasteiger partial charge in [0.05, 0.1) is 6.61 Å². The maximum absolute atomic E-state index is 5.86. The van der Waals surface area contributed by atoms with E-state index in [-0.39, 0.29) is 0 Å². The number of hydrogen-bond acceptors (Lipinski definition) is 2. The molecule has 1 rings (SSSR count). The highest BCUT2D eigenvalue weighted by atomic mass is 16.5. The van der Waals surface area contributed by atoms with Crippen LogP contribution in [0, 0.1) is 11.8 Å². The van der Waals surface area contributed by atoms with Crippen LogP contribution in [0.2, 0.25) is 0 Å². The number of benzene rings is 1. The Labute approximate surface area is 129 Å². The van der Waals surface area contributed by atoms with Crippen molar-refractivity contribution in [3.8, 4) is 5.75 Å². The second kappa shape index (κ2) is 9.27. The summed E-state index contributed by atoms with van der Waals surface area (Å²) in [5.41, 5.74) is 1.14. The number of hydrogen-bond donors (Lipinski definition) is 2. The molecule has 21 heavy (non-hydrogen) atoms. The SMILES string of the molecule is CN=C(NCc1ccccc1OCC(C)C)NCC(C)C. The Morgan fingerprint density at radius 1 is 1.10 bits per heavy atom. The van der Waals surface area contributed by atoms with Gasteiger partial charge in [-0.3, -0.25) is 4.99 Å². The number of nitrogens with zero attached hydrogens (tertiary/aromatic N) is 1. The minimum atomic E-state index is 0.520. The molecule has 4 heteroatoms. The minimum absolute atomic E-state index is 0.520. The fourth-order valence-electron chi connectivity index (χ4n) is 1.75. The molecule has 0 aromatic heterocycles. The predicted molar refractivity (Wildman–Crippen MR) is 89.8 cm³/mol. The van der Waals surface area contributed by atoms with Gasteiger partial charge in [0.1, 0.15) is 5.75 Å². The summed E-state index contributed by atoms with van der Waals surface area (Å²) in [6.45, 7) is 11.0. The van der Waals surface area contributed by atoms with Crippen LogP contribution < -0.4 is 15.4 Å². The van der Waals surface area contributed by atoms with Crippen LogP contribution in [0.25, 0.3) is 0 Å². The van der Waals surface area contributed by atoms with Crippen LogP contribution in [0.4, 0.5) is 0 Å². The maximum Gasteiger partial charge on any atom is 0.191 e. The van der Waals surface area contributed by atoms with E-state index < -0.39 is 0 Å². The van der Waals surface area contributed by atoms with E-state index in [1.807, 2.05) is 18.2 Å². The van der Waals surface area contributed by atoms with Crippen molar-refractivity contribution in [1.82, 2.24) is 10.6 Å². The quantitative estimate of drug-likeness (QED) is 0.599. The Bertz CT molecular complexity index is 441. The van der Waals surface area contributed by atoms with Crippen molar-refractivity contribution in [2.45, 2.75) is 34.2 Å². The zero-order chi connectivity index (χ0) is 15.7. The van der Waals surface area contributed by atoms with Crippen molar-refractivity contribution in [3.63, 3.8) is 0 Å². The molecule has 0 unspecified atom stereocenters. The number of ether oxygens (including phenoxy) is 1. The molecule has 0 spiro atoms. The number of guanidine groups is 1. The van der Waals surface area contributed by atoms with Gasteiger partial charge in [-0.25, -0.2) is 0 Å². The van der Waals surface area contributed by atoms with Crippen molar-refractivity contribution in [2.24, 2.45) is 16.8 Å². The van der Waals surface area contributed by atoms with E-state index in [4.69, 9.17) is 4.74 Å². The normalized spacial score (nSPS) is 11.9. The molecule has 0 radical (unpaired) electrons. The largest absolute Gasteiger partial charge is 0.493 e. The van der Waals surface area contributed by atoms with Crippen molar-refractivity contribution in [2.75, 3.05) is 20.2 Å². The Balaban J connectivity index is 2.57. The van der Waals surface area contributed by atoms with E-state index in [2.05, 4.69) is 49.4 Å². The summed E-state index contributed by atoms with van der Waals surface area (Å²) in [6, 6.07) is 8.14. The fraction of sp³-hybridized carbons (Fsp3) is 0.588. The first-order chi connectivity index (χ1) is 10.0. The first kappa shape index (κ1) is 17.3. The summed E-state index contributed by atoms with van der Waals surface area (Å²) in [5.74, 6) is 2.87. The monoisotopic (exact) mass is 291 g/mol. The molecule has 4 nitrogen and oxygen atoms in total. The molecule has 0 bridgehead atoms. The number of aliphatic imine (C=N–C) groups is 1. The van der Waals surface area contributed by atoms with E-state index >= 15 is 0 Å². The van der Waals surface area contributed by atoms with Crippen LogP contribution in [0.3, 0.4) is 0 Å².